The lowest BCUT2D eigenvalue weighted by Gasteiger charge is -2.40. The molecule has 2 N–H and O–H groups in total. The molecule has 0 saturated heterocycles. The molecule has 33 heavy (non-hydrogen) atoms. The molecule has 2 aromatic carbocycles. The number of aryl methyl sites for hydroxylation is 1. The van der Waals surface area contributed by atoms with Gasteiger partial charge in [-0.15, -0.1) is 11.8 Å². The molecule has 2 aliphatic carbocycles. The Bertz CT molecular complexity index is 1250. The Balaban J connectivity index is 1.28. The predicted molar refractivity (Wildman–Crippen MR) is 132 cm³/mol. The summed E-state index contributed by atoms with van der Waals surface area (Å²) in [4.78, 5) is 29.1. The van der Waals surface area contributed by atoms with Crippen LogP contribution in [0.15, 0.2) is 58.4 Å². The van der Waals surface area contributed by atoms with Gasteiger partial charge in [0.1, 0.15) is 5.75 Å². The lowest BCUT2D eigenvalue weighted by molar-refractivity contribution is -0.118. The minimum atomic E-state index is -0.183. The van der Waals surface area contributed by atoms with Crippen molar-refractivity contribution in [2.24, 2.45) is 17.8 Å². The summed E-state index contributed by atoms with van der Waals surface area (Å²) >= 11 is 3.22. The van der Waals surface area contributed by atoms with E-state index in [-0.39, 0.29) is 23.3 Å². The zero-order valence-corrected chi connectivity index (χ0v) is 20.0. The van der Waals surface area contributed by atoms with E-state index in [4.69, 9.17) is 4.74 Å². The van der Waals surface area contributed by atoms with Crippen LogP contribution in [0.4, 0.5) is 5.69 Å². The summed E-state index contributed by atoms with van der Waals surface area (Å²) in [5.74, 6) is 2.64. The SMILES string of the molecule is Cc1ccc(NC(=O)COc2ccccc2[C@H]2c3sc(=O)[nH]c3SC3C4CCC(C4)C32)cc1. The van der Waals surface area contributed by atoms with Gasteiger partial charge in [-0.1, -0.05) is 47.2 Å². The van der Waals surface area contributed by atoms with Crippen molar-refractivity contribution in [3.8, 4) is 5.75 Å². The van der Waals surface area contributed by atoms with Crippen LogP contribution >= 0.6 is 23.1 Å². The van der Waals surface area contributed by atoms with E-state index in [9.17, 15) is 9.59 Å². The number of ether oxygens (including phenoxy) is 1. The van der Waals surface area contributed by atoms with Crippen LogP contribution in [-0.4, -0.2) is 22.7 Å². The molecule has 2 bridgehead atoms. The number of benzene rings is 2. The maximum absolute atomic E-state index is 12.6. The number of para-hydroxylation sites is 1. The summed E-state index contributed by atoms with van der Waals surface area (Å²) in [7, 11) is 0. The molecule has 4 unspecified atom stereocenters. The number of carbonyl (C=O) groups is 1. The second kappa shape index (κ2) is 8.37. The zero-order chi connectivity index (χ0) is 22.5. The van der Waals surface area contributed by atoms with Crippen LogP contribution in [0.25, 0.3) is 0 Å². The molecule has 2 fully saturated rings. The Hall–Kier alpha value is -2.51. The van der Waals surface area contributed by atoms with Crippen LogP contribution in [0.3, 0.4) is 0 Å². The molecule has 5 atom stereocenters. The second-order valence-electron chi connectivity index (χ2n) is 9.42. The number of rotatable bonds is 5. The van der Waals surface area contributed by atoms with Gasteiger partial charge in [-0.2, -0.15) is 0 Å². The molecular formula is C26H26N2O3S2. The first-order valence-electron chi connectivity index (χ1n) is 11.5. The topological polar surface area (TPSA) is 71.2 Å². The highest BCUT2D eigenvalue weighted by Gasteiger charge is 2.55. The van der Waals surface area contributed by atoms with Gasteiger partial charge in [-0.05, 0) is 62.1 Å². The number of aromatic amines is 1. The maximum Gasteiger partial charge on any atom is 0.305 e. The van der Waals surface area contributed by atoms with E-state index in [0.29, 0.717) is 17.1 Å². The van der Waals surface area contributed by atoms with Crippen LogP contribution < -0.4 is 14.9 Å². The molecule has 2 heterocycles. The molecule has 3 aromatic rings. The predicted octanol–water partition coefficient (Wildman–Crippen LogP) is 5.41. The molecule has 5 nitrogen and oxygen atoms in total. The molecule has 1 amide bonds. The van der Waals surface area contributed by atoms with E-state index >= 15 is 0 Å². The summed E-state index contributed by atoms with van der Waals surface area (Å²) < 4.78 is 6.10. The van der Waals surface area contributed by atoms with Gasteiger partial charge in [0.05, 0.1) is 5.03 Å². The third kappa shape index (κ3) is 3.81. The van der Waals surface area contributed by atoms with Crippen LogP contribution in [-0.2, 0) is 4.79 Å². The van der Waals surface area contributed by atoms with Gasteiger partial charge < -0.3 is 15.0 Å². The van der Waals surface area contributed by atoms with Gasteiger partial charge in [0.15, 0.2) is 6.61 Å². The first-order chi connectivity index (χ1) is 16.1. The van der Waals surface area contributed by atoms with Gasteiger partial charge in [-0.3, -0.25) is 9.59 Å². The fourth-order valence-corrected chi connectivity index (χ4v) is 8.93. The van der Waals surface area contributed by atoms with E-state index in [2.05, 4.69) is 16.4 Å². The Morgan fingerprint density at radius 3 is 2.76 bits per heavy atom. The number of thiazole rings is 1. The highest BCUT2D eigenvalue weighted by molar-refractivity contribution is 8.00. The normalized spacial score (nSPS) is 27.1. The van der Waals surface area contributed by atoms with E-state index in [1.807, 2.05) is 61.2 Å². The van der Waals surface area contributed by atoms with E-state index in [1.54, 1.807) is 0 Å². The Kier molecular flexibility index (Phi) is 5.34. The quantitative estimate of drug-likeness (QED) is 0.514. The molecule has 1 aliphatic heterocycles. The number of thioether (sulfide) groups is 1. The Labute approximate surface area is 201 Å². The highest BCUT2D eigenvalue weighted by Crippen LogP contribution is 2.64. The van der Waals surface area contributed by atoms with Crippen molar-refractivity contribution in [3.63, 3.8) is 0 Å². The van der Waals surface area contributed by atoms with Crippen molar-refractivity contribution in [2.75, 3.05) is 11.9 Å². The number of anilines is 1. The van der Waals surface area contributed by atoms with Crippen LogP contribution in [0, 0.1) is 24.7 Å². The number of hydrogen-bond donors (Lipinski definition) is 2. The second-order valence-corrected chi connectivity index (χ2v) is 11.6. The minimum Gasteiger partial charge on any atom is -0.483 e. The van der Waals surface area contributed by atoms with Gasteiger partial charge in [0, 0.05) is 27.3 Å². The van der Waals surface area contributed by atoms with Crippen molar-refractivity contribution in [1.29, 1.82) is 0 Å². The van der Waals surface area contributed by atoms with Gasteiger partial charge >= 0.3 is 4.87 Å². The van der Waals surface area contributed by atoms with Crippen LogP contribution in [0.1, 0.15) is 41.2 Å². The van der Waals surface area contributed by atoms with Gasteiger partial charge in [0.2, 0.25) is 0 Å². The number of fused-ring (bicyclic) bond motifs is 6. The monoisotopic (exact) mass is 478 g/mol. The van der Waals surface area contributed by atoms with E-state index in [1.165, 1.54) is 30.6 Å². The number of amides is 1. The summed E-state index contributed by atoms with van der Waals surface area (Å²) in [5.41, 5.74) is 3.01. The van der Waals surface area contributed by atoms with Crippen molar-refractivity contribution in [3.05, 3.63) is 74.2 Å². The number of nitrogens with one attached hydrogen (secondary N) is 2. The zero-order valence-electron chi connectivity index (χ0n) is 18.4. The lowest BCUT2D eigenvalue weighted by Crippen LogP contribution is -2.34. The first kappa shape index (κ1) is 21.1. The molecular weight excluding hydrogens is 452 g/mol. The third-order valence-electron chi connectivity index (χ3n) is 7.41. The smallest absolute Gasteiger partial charge is 0.305 e. The van der Waals surface area contributed by atoms with E-state index < -0.39 is 0 Å². The van der Waals surface area contributed by atoms with Crippen molar-refractivity contribution in [2.45, 2.75) is 42.4 Å². The fraction of sp³-hybridized carbons (Fsp3) is 0.385. The number of hydrogen-bond acceptors (Lipinski definition) is 5. The highest BCUT2D eigenvalue weighted by atomic mass is 32.2. The van der Waals surface area contributed by atoms with Crippen molar-refractivity contribution in [1.82, 2.24) is 4.98 Å². The number of aromatic nitrogens is 1. The molecule has 6 rings (SSSR count). The third-order valence-corrected chi connectivity index (χ3v) is 10.0. The molecule has 170 valence electrons. The average Bonchev–Trinajstić information content (AvgIpc) is 3.52. The van der Waals surface area contributed by atoms with Crippen LogP contribution in [0.2, 0.25) is 0 Å². The Morgan fingerprint density at radius 2 is 1.91 bits per heavy atom. The summed E-state index contributed by atoms with van der Waals surface area (Å²) in [6.07, 6.45) is 3.87. The van der Waals surface area contributed by atoms with Gasteiger partial charge in [-0.25, -0.2) is 0 Å². The average molecular weight is 479 g/mol. The van der Waals surface area contributed by atoms with Gasteiger partial charge in [0.25, 0.3) is 5.91 Å². The van der Waals surface area contributed by atoms with Crippen molar-refractivity contribution >= 4 is 34.7 Å². The summed E-state index contributed by atoms with van der Waals surface area (Å²) in [5, 5.41) is 4.49. The Morgan fingerprint density at radius 1 is 1.12 bits per heavy atom. The molecule has 7 heteroatoms. The molecule has 0 spiro atoms. The number of carbonyl (C=O) groups excluding carboxylic acids is 1. The minimum absolute atomic E-state index is 0.0145. The van der Waals surface area contributed by atoms with Crippen LogP contribution in [0.5, 0.6) is 5.75 Å². The maximum atomic E-state index is 12.6. The molecule has 0 radical (unpaired) electrons. The lowest BCUT2D eigenvalue weighted by atomic mass is 9.74. The molecule has 1 aromatic heterocycles. The molecule has 3 aliphatic rings. The largest absolute Gasteiger partial charge is 0.483 e. The van der Waals surface area contributed by atoms with Crippen molar-refractivity contribution < 1.29 is 9.53 Å². The standard InChI is InChI=1S/C26H26N2O3S2/c1-14-6-10-17(11-7-14)27-20(29)13-31-19-5-3-2-4-18(19)22-21-15-8-9-16(12-15)23(21)32-25-24(22)33-26(30)28-25/h2-7,10-11,15-16,21-23H,8-9,12-13H2,1H3,(H,27,29)(H,28,30)/t15?,16?,21?,22-,23?/m1/s1. The summed E-state index contributed by atoms with van der Waals surface area (Å²) in [6.45, 7) is 1.96. The fourth-order valence-electron chi connectivity index (χ4n) is 6.04. The molecule has 2 saturated carbocycles. The summed E-state index contributed by atoms with van der Waals surface area (Å²) in [6, 6.07) is 15.8. The number of H-pyrrole nitrogens is 1. The first-order valence-corrected chi connectivity index (χ1v) is 13.2. The van der Waals surface area contributed by atoms with E-state index in [0.717, 1.165) is 38.4 Å².